The molecule has 0 saturated heterocycles. The van der Waals surface area contributed by atoms with Crippen LogP contribution in [0.1, 0.15) is 31.1 Å². The fraction of sp³-hybridized carbons (Fsp3) is 0.0625. The summed E-state index contributed by atoms with van der Waals surface area (Å²) in [6.07, 6.45) is 0. The van der Waals surface area contributed by atoms with Gasteiger partial charge in [-0.15, -0.1) is 0 Å². The van der Waals surface area contributed by atoms with Gasteiger partial charge in [-0.05, 0) is 30.3 Å². The third-order valence-electron chi connectivity index (χ3n) is 3.75. The van der Waals surface area contributed by atoms with Gasteiger partial charge in [-0.1, -0.05) is 11.6 Å². The molecule has 3 rings (SSSR count). The molecule has 1 heterocycles. The minimum Gasteiger partial charge on any atom is -0.322 e. The first-order valence-electron chi connectivity index (χ1n) is 7.01. The number of nitrogens with one attached hydrogen (secondary N) is 1. The lowest BCUT2D eigenvalue weighted by atomic mass is 10.1. The molecule has 0 unspecified atom stereocenters. The number of nitro groups is 1. The SMILES string of the molecule is CN1C(=O)c2ccc(NC(=O)c3cc(Cl)ccc3[N+](=O)[O-])cc2C1=O. The molecule has 3 amide bonds. The van der Waals surface area contributed by atoms with E-state index in [0.29, 0.717) is 0 Å². The molecule has 0 radical (unpaired) electrons. The molecule has 9 heteroatoms. The zero-order valence-corrected chi connectivity index (χ0v) is 13.5. The highest BCUT2D eigenvalue weighted by atomic mass is 35.5. The second-order valence-corrected chi connectivity index (χ2v) is 5.74. The molecule has 0 aromatic heterocycles. The van der Waals surface area contributed by atoms with E-state index >= 15 is 0 Å². The van der Waals surface area contributed by atoms with Gasteiger partial charge in [0.15, 0.2) is 0 Å². The van der Waals surface area contributed by atoms with Gasteiger partial charge in [-0.25, -0.2) is 0 Å². The van der Waals surface area contributed by atoms with Gasteiger partial charge in [0.2, 0.25) is 0 Å². The highest BCUT2D eigenvalue weighted by molar-refractivity contribution is 6.31. The molecule has 0 bridgehead atoms. The topological polar surface area (TPSA) is 110 Å². The van der Waals surface area contributed by atoms with E-state index in [1.54, 1.807) is 0 Å². The van der Waals surface area contributed by atoms with Gasteiger partial charge in [-0.3, -0.25) is 29.4 Å². The molecule has 1 N–H and O–H groups in total. The number of amides is 3. The van der Waals surface area contributed by atoms with Crippen molar-refractivity contribution in [3.63, 3.8) is 0 Å². The fourth-order valence-electron chi connectivity index (χ4n) is 2.49. The molecule has 126 valence electrons. The Morgan fingerprint density at radius 2 is 1.80 bits per heavy atom. The maximum absolute atomic E-state index is 12.4. The van der Waals surface area contributed by atoms with Crippen LogP contribution in [0.2, 0.25) is 5.02 Å². The number of hydrogen-bond donors (Lipinski definition) is 1. The van der Waals surface area contributed by atoms with E-state index in [9.17, 15) is 24.5 Å². The van der Waals surface area contributed by atoms with Crippen LogP contribution in [0.4, 0.5) is 11.4 Å². The number of hydrogen-bond acceptors (Lipinski definition) is 5. The van der Waals surface area contributed by atoms with Gasteiger partial charge >= 0.3 is 0 Å². The monoisotopic (exact) mass is 359 g/mol. The van der Waals surface area contributed by atoms with Crippen molar-refractivity contribution < 1.29 is 19.3 Å². The summed E-state index contributed by atoms with van der Waals surface area (Å²) in [5.74, 6) is -1.66. The normalized spacial score (nSPS) is 13.0. The molecule has 1 aliphatic rings. The number of nitro benzene ring substituents is 1. The molecule has 2 aromatic carbocycles. The Balaban J connectivity index is 1.94. The van der Waals surface area contributed by atoms with Gasteiger partial charge in [-0.2, -0.15) is 0 Å². The first-order chi connectivity index (χ1) is 11.8. The molecule has 1 aliphatic heterocycles. The average molecular weight is 360 g/mol. The molecule has 2 aromatic rings. The number of benzene rings is 2. The number of carbonyl (C=O) groups excluding carboxylic acids is 3. The Morgan fingerprint density at radius 3 is 2.48 bits per heavy atom. The predicted molar refractivity (Wildman–Crippen MR) is 88.9 cm³/mol. The van der Waals surface area contributed by atoms with E-state index in [2.05, 4.69) is 5.32 Å². The molecule has 0 spiro atoms. The van der Waals surface area contributed by atoms with Crippen molar-refractivity contribution in [2.75, 3.05) is 12.4 Å². The van der Waals surface area contributed by atoms with Gasteiger partial charge in [0.25, 0.3) is 23.4 Å². The van der Waals surface area contributed by atoms with Crippen LogP contribution < -0.4 is 5.32 Å². The summed E-state index contributed by atoms with van der Waals surface area (Å²) in [6, 6.07) is 7.85. The maximum Gasteiger partial charge on any atom is 0.282 e. The van der Waals surface area contributed by atoms with E-state index < -0.39 is 28.3 Å². The van der Waals surface area contributed by atoms with E-state index in [0.717, 1.165) is 11.0 Å². The average Bonchev–Trinajstić information content (AvgIpc) is 2.79. The summed E-state index contributed by atoms with van der Waals surface area (Å²) in [6.45, 7) is 0. The minimum absolute atomic E-state index is 0.158. The number of anilines is 1. The molecule has 0 aliphatic carbocycles. The third-order valence-corrected chi connectivity index (χ3v) is 3.98. The summed E-state index contributed by atoms with van der Waals surface area (Å²) in [7, 11) is 1.36. The lowest BCUT2D eigenvalue weighted by molar-refractivity contribution is -0.385. The first-order valence-corrected chi connectivity index (χ1v) is 7.39. The molecule has 0 saturated carbocycles. The summed E-state index contributed by atoms with van der Waals surface area (Å²) in [5, 5.41) is 13.7. The number of rotatable bonds is 3. The van der Waals surface area contributed by atoms with E-state index in [1.165, 1.54) is 37.4 Å². The third kappa shape index (κ3) is 2.83. The standard InChI is InChI=1S/C16H10ClN3O5/c1-19-15(22)10-4-3-9(7-11(10)16(19)23)18-14(21)12-6-8(17)2-5-13(12)20(24)25/h2-7H,1H3,(H,18,21). The highest BCUT2D eigenvalue weighted by Crippen LogP contribution is 2.27. The van der Waals surface area contributed by atoms with Crippen LogP contribution in [0, 0.1) is 10.1 Å². The van der Waals surface area contributed by atoms with Crippen molar-refractivity contribution in [3.8, 4) is 0 Å². The zero-order chi connectivity index (χ0) is 18.3. The van der Waals surface area contributed by atoms with Gasteiger partial charge in [0, 0.05) is 23.8 Å². The second kappa shape index (κ2) is 5.99. The van der Waals surface area contributed by atoms with Gasteiger partial charge in [0.05, 0.1) is 16.1 Å². The van der Waals surface area contributed by atoms with Crippen molar-refractivity contribution in [2.45, 2.75) is 0 Å². The smallest absolute Gasteiger partial charge is 0.282 e. The number of imide groups is 1. The molecule has 8 nitrogen and oxygen atoms in total. The van der Waals surface area contributed by atoms with Crippen LogP contribution in [0.5, 0.6) is 0 Å². The molecular weight excluding hydrogens is 350 g/mol. The number of carbonyl (C=O) groups is 3. The Hall–Kier alpha value is -3.26. The predicted octanol–water partition coefficient (Wildman–Crippen LogP) is 2.73. The van der Waals surface area contributed by atoms with Crippen molar-refractivity contribution in [1.29, 1.82) is 0 Å². The second-order valence-electron chi connectivity index (χ2n) is 5.30. The Kier molecular flexibility index (Phi) is 3.97. The van der Waals surface area contributed by atoms with Gasteiger partial charge in [0.1, 0.15) is 5.56 Å². The van der Waals surface area contributed by atoms with Crippen LogP contribution in [-0.4, -0.2) is 34.6 Å². The first kappa shape index (κ1) is 16.6. The van der Waals surface area contributed by atoms with Gasteiger partial charge < -0.3 is 5.32 Å². The molecule has 0 atom stereocenters. The minimum atomic E-state index is -0.751. The summed E-state index contributed by atoms with van der Waals surface area (Å²) < 4.78 is 0. The number of fused-ring (bicyclic) bond motifs is 1. The van der Waals surface area contributed by atoms with E-state index in [1.807, 2.05) is 0 Å². The molecule has 0 fully saturated rings. The number of nitrogens with zero attached hydrogens (tertiary/aromatic N) is 2. The van der Waals surface area contributed by atoms with Crippen LogP contribution in [-0.2, 0) is 0 Å². The number of halogens is 1. The largest absolute Gasteiger partial charge is 0.322 e. The highest BCUT2D eigenvalue weighted by Gasteiger charge is 2.33. The summed E-state index contributed by atoms with van der Waals surface area (Å²) in [4.78, 5) is 47.5. The Morgan fingerprint density at radius 1 is 1.12 bits per heavy atom. The Labute approximate surface area is 146 Å². The van der Waals surface area contributed by atoms with Crippen molar-refractivity contribution in [2.24, 2.45) is 0 Å². The molecular formula is C16H10ClN3O5. The van der Waals surface area contributed by atoms with Crippen LogP contribution in [0.25, 0.3) is 0 Å². The maximum atomic E-state index is 12.4. The quantitative estimate of drug-likeness (QED) is 0.514. The lowest BCUT2D eigenvalue weighted by Crippen LogP contribution is -2.24. The van der Waals surface area contributed by atoms with Crippen LogP contribution >= 0.6 is 11.6 Å². The van der Waals surface area contributed by atoms with Crippen LogP contribution in [0.3, 0.4) is 0 Å². The summed E-state index contributed by atoms with van der Waals surface area (Å²) >= 11 is 5.81. The lowest BCUT2D eigenvalue weighted by Gasteiger charge is -2.07. The Bertz CT molecular complexity index is 957. The fourth-order valence-corrected chi connectivity index (χ4v) is 2.66. The van der Waals surface area contributed by atoms with E-state index in [-0.39, 0.29) is 27.4 Å². The van der Waals surface area contributed by atoms with Crippen LogP contribution in [0.15, 0.2) is 36.4 Å². The van der Waals surface area contributed by atoms with Crippen molar-refractivity contribution >= 4 is 40.7 Å². The zero-order valence-electron chi connectivity index (χ0n) is 12.8. The van der Waals surface area contributed by atoms with E-state index in [4.69, 9.17) is 11.6 Å². The molecule has 25 heavy (non-hydrogen) atoms. The van der Waals surface area contributed by atoms with Crippen molar-refractivity contribution in [3.05, 3.63) is 68.2 Å². The summed E-state index contributed by atoms with van der Waals surface area (Å²) in [5.41, 5.74) is 0.0196. The van der Waals surface area contributed by atoms with Crippen molar-refractivity contribution in [1.82, 2.24) is 4.90 Å².